The van der Waals surface area contributed by atoms with Crippen molar-refractivity contribution in [3.05, 3.63) is 0 Å². The maximum absolute atomic E-state index is 3.47. The van der Waals surface area contributed by atoms with Crippen molar-refractivity contribution in [2.45, 2.75) is 26.2 Å². The summed E-state index contributed by atoms with van der Waals surface area (Å²) >= 11 is 0. The highest BCUT2D eigenvalue weighted by Gasteiger charge is 2.38. The Labute approximate surface area is 66.4 Å². The molecular weight excluding hydrogens is 156 g/mol. The molecule has 0 fully saturated rings. The van der Waals surface area contributed by atoms with Crippen LogP contribution < -0.4 is 9.96 Å². The molecule has 0 aromatic carbocycles. The second-order valence-electron chi connectivity index (χ2n) is 3.75. The molecule has 0 rings (SSSR count). The van der Waals surface area contributed by atoms with Gasteiger partial charge in [0, 0.05) is 0 Å². The molecule has 0 unspecified atom stereocenters. The van der Waals surface area contributed by atoms with Crippen LogP contribution in [-0.2, 0) is 0 Å². The van der Waals surface area contributed by atoms with Gasteiger partial charge in [0.25, 0.3) is 0 Å². The van der Waals surface area contributed by atoms with Crippen molar-refractivity contribution in [3.8, 4) is 0 Å². The minimum Gasteiger partial charge on any atom is -0.341 e. The lowest BCUT2D eigenvalue weighted by Crippen LogP contribution is -2.70. The molecule has 0 aliphatic carbocycles. The Bertz CT molecular complexity index is 98.3. The first kappa shape index (κ1) is 10.4. The van der Waals surface area contributed by atoms with Gasteiger partial charge >= 0.3 is 0 Å². The highest BCUT2D eigenvalue weighted by atomic mass is 29.3. The third kappa shape index (κ3) is 1.92. The lowest BCUT2D eigenvalue weighted by molar-refractivity contribution is 1.13. The van der Waals surface area contributed by atoms with Gasteiger partial charge in [-0.25, -0.2) is 0 Å². The molecule has 0 heterocycles. The zero-order valence-corrected chi connectivity index (χ0v) is 10.0. The van der Waals surface area contributed by atoms with Gasteiger partial charge in [-0.1, -0.05) is 26.2 Å². The van der Waals surface area contributed by atoms with Crippen LogP contribution in [0.4, 0.5) is 0 Å². The minimum absolute atomic E-state index is 1.13. The van der Waals surface area contributed by atoms with Crippen LogP contribution in [0.1, 0.15) is 0 Å². The molecule has 10 heavy (non-hydrogen) atoms. The van der Waals surface area contributed by atoms with Crippen molar-refractivity contribution in [2.24, 2.45) is 0 Å². The summed E-state index contributed by atoms with van der Waals surface area (Å²) in [4.78, 5) is 6.94. The van der Waals surface area contributed by atoms with Gasteiger partial charge in [0.2, 0.25) is 0 Å². The van der Waals surface area contributed by atoms with Crippen LogP contribution in [0.15, 0.2) is 0 Å². The number of nitrogens with one attached hydrogen (secondary N) is 2. The van der Waals surface area contributed by atoms with Crippen LogP contribution in [0.2, 0.25) is 26.2 Å². The van der Waals surface area contributed by atoms with Gasteiger partial charge < -0.3 is 9.96 Å². The highest BCUT2D eigenvalue weighted by molar-refractivity contribution is 7.38. The predicted molar refractivity (Wildman–Crippen MR) is 53.1 cm³/mol. The van der Waals surface area contributed by atoms with Crippen molar-refractivity contribution in [2.75, 3.05) is 14.1 Å². The Morgan fingerprint density at radius 1 is 0.700 bits per heavy atom. The Morgan fingerprint density at radius 3 is 1.00 bits per heavy atom. The smallest absolute Gasteiger partial charge is 0.126 e. The van der Waals surface area contributed by atoms with Crippen molar-refractivity contribution in [1.82, 2.24) is 9.96 Å². The van der Waals surface area contributed by atoms with Crippen LogP contribution in [0.3, 0.4) is 0 Å². The first-order chi connectivity index (χ1) is 4.37. The summed E-state index contributed by atoms with van der Waals surface area (Å²) in [6.07, 6.45) is 0. The van der Waals surface area contributed by atoms with E-state index in [-0.39, 0.29) is 0 Å². The molecule has 0 aliphatic heterocycles. The van der Waals surface area contributed by atoms with Gasteiger partial charge in [0.05, 0.1) is 0 Å². The van der Waals surface area contributed by atoms with Gasteiger partial charge in [-0.05, 0) is 14.1 Å². The Balaban J connectivity index is 4.28. The summed E-state index contributed by atoms with van der Waals surface area (Å²) in [5, 5.41) is 0. The van der Waals surface area contributed by atoms with E-state index in [4.69, 9.17) is 0 Å². The summed E-state index contributed by atoms with van der Waals surface area (Å²) in [7, 11) is 1.91. The number of hydrogen-bond acceptors (Lipinski definition) is 2. The van der Waals surface area contributed by atoms with Gasteiger partial charge in [-0.15, -0.1) is 0 Å². The van der Waals surface area contributed by atoms with Crippen molar-refractivity contribution in [1.29, 1.82) is 0 Å². The standard InChI is InChI=1S/C6H20N2Si2/c1-7-9(3,4)10(5,6)8-2/h7-8H,1-6H3. The molecule has 0 aliphatic rings. The van der Waals surface area contributed by atoms with Gasteiger partial charge in [0.15, 0.2) is 0 Å². The van der Waals surface area contributed by atoms with Crippen molar-refractivity contribution in [3.63, 3.8) is 0 Å². The molecule has 2 nitrogen and oxygen atoms in total. The second kappa shape index (κ2) is 3.17. The van der Waals surface area contributed by atoms with Crippen LogP contribution in [0.25, 0.3) is 0 Å². The maximum atomic E-state index is 3.47. The van der Waals surface area contributed by atoms with Gasteiger partial charge in [0.1, 0.15) is 15.5 Å². The van der Waals surface area contributed by atoms with E-state index in [9.17, 15) is 0 Å². The largest absolute Gasteiger partial charge is 0.341 e. The Hall–Kier alpha value is 0.354. The summed E-state index contributed by atoms with van der Waals surface area (Å²) < 4.78 is 0. The van der Waals surface area contributed by atoms with Crippen LogP contribution in [0, 0.1) is 0 Å². The fraction of sp³-hybridized carbons (Fsp3) is 1.00. The van der Waals surface area contributed by atoms with E-state index >= 15 is 0 Å². The number of hydrogen-bond donors (Lipinski definition) is 2. The summed E-state index contributed by atoms with van der Waals surface area (Å²) in [5.41, 5.74) is 0. The molecule has 0 atom stereocenters. The molecule has 0 bridgehead atoms. The molecule has 0 spiro atoms. The van der Waals surface area contributed by atoms with E-state index < -0.39 is 15.5 Å². The zero-order valence-electron chi connectivity index (χ0n) is 8.00. The molecule has 62 valence electrons. The van der Waals surface area contributed by atoms with E-state index in [2.05, 4.69) is 50.2 Å². The van der Waals surface area contributed by atoms with Crippen molar-refractivity contribution < 1.29 is 0 Å². The topological polar surface area (TPSA) is 24.1 Å². The monoisotopic (exact) mass is 176 g/mol. The minimum atomic E-state index is -1.13. The first-order valence-electron chi connectivity index (χ1n) is 3.75. The molecule has 0 saturated carbocycles. The van der Waals surface area contributed by atoms with E-state index in [0.29, 0.717) is 0 Å². The molecule has 2 N–H and O–H groups in total. The average molecular weight is 176 g/mol. The molecule has 0 aromatic rings. The molecule has 0 radical (unpaired) electrons. The summed E-state index contributed by atoms with van der Waals surface area (Å²) in [5.74, 6) is 0. The lowest BCUT2D eigenvalue weighted by Gasteiger charge is -2.36. The average Bonchev–Trinajstić information content (AvgIpc) is 1.88. The molecule has 0 saturated heterocycles. The zero-order chi connectivity index (χ0) is 8.41. The quantitative estimate of drug-likeness (QED) is 0.625. The summed E-state index contributed by atoms with van der Waals surface area (Å²) in [6, 6.07) is 0. The number of rotatable bonds is 3. The second-order valence-corrected chi connectivity index (χ2v) is 18.8. The van der Waals surface area contributed by atoms with E-state index in [1.54, 1.807) is 0 Å². The molecule has 4 heteroatoms. The normalized spacial score (nSPS) is 13.8. The molecular formula is C6H20N2Si2. The Kier molecular flexibility index (Phi) is 3.28. The fourth-order valence-corrected chi connectivity index (χ4v) is 5.62. The van der Waals surface area contributed by atoms with Crippen molar-refractivity contribution >= 4 is 15.5 Å². The van der Waals surface area contributed by atoms with Gasteiger partial charge in [-0.2, -0.15) is 0 Å². The maximum Gasteiger partial charge on any atom is 0.126 e. The summed E-state index contributed by atoms with van der Waals surface area (Å²) in [6.45, 7) is 9.54. The fourth-order valence-electron chi connectivity index (χ4n) is 0.625. The first-order valence-corrected chi connectivity index (χ1v) is 10.8. The third-order valence-corrected chi connectivity index (χ3v) is 19.3. The molecule has 0 amide bonds. The predicted octanol–water partition coefficient (Wildman–Crippen LogP) is 0.914. The van der Waals surface area contributed by atoms with Crippen LogP contribution in [0.5, 0.6) is 0 Å². The molecule has 0 aromatic heterocycles. The van der Waals surface area contributed by atoms with E-state index in [1.165, 1.54) is 0 Å². The van der Waals surface area contributed by atoms with E-state index in [0.717, 1.165) is 0 Å². The van der Waals surface area contributed by atoms with E-state index in [1.807, 2.05) is 0 Å². The van der Waals surface area contributed by atoms with Crippen LogP contribution >= 0.6 is 0 Å². The third-order valence-electron chi connectivity index (χ3n) is 2.81. The SMILES string of the molecule is CN[Si](C)(C)[Si](C)(C)NC. The van der Waals surface area contributed by atoms with Gasteiger partial charge in [-0.3, -0.25) is 0 Å². The lowest BCUT2D eigenvalue weighted by atomic mass is 11.6. The highest BCUT2D eigenvalue weighted by Crippen LogP contribution is 2.11. The Morgan fingerprint density at radius 2 is 0.900 bits per heavy atom. The van der Waals surface area contributed by atoms with Crippen LogP contribution in [-0.4, -0.2) is 29.6 Å².